The summed E-state index contributed by atoms with van der Waals surface area (Å²) in [6, 6.07) is -0.987. The number of imide groups is 1. The van der Waals surface area contributed by atoms with Crippen LogP contribution in [0.1, 0.15) is 34.1 Å². The molecule has 1 fully saturated rings. The standard InChI is InChI=1S/C12H21N3O3/c1-7(2)5-9-11(17)15(12(18)14-9)6-10(16)13-8(3)4/h7-9H,5-6H2,1-4H3,(H,13,16)(H,14,18). The van der Waals surface area contributed by atoms with Gasteiger partial charge in [-0.15, -0.1) is 0 Å². The molecule has 6 heteroatoms. The third-order valence-electron chi connectivity index (χ3n) is 2.57. The lowest BCUT2D eigenvalue weighted by Crippen LogP contribution is -2.43. The fraction of sp³-hybridized carbons (Fsp3) is 0.750. The molecular formula is C12H21N3O3. The van der Waals surface area contributed by atoms with E-state index in [0.717, 1.165) is 4.90 Å². The molecule has 1 saturated heterocycles. The number of rotatable bonds is 5. The van der Waals surface area contributed by atoms with Gasteiger partial charge < -0.3 is 10.6 Å². The van der Waals surface area contributed by atoms with E-state index in [4.69, 9.17) is 0 Å². The van der Waals surface area contributed by atoms with Crippen molar-refractivity contribution in [3.8, 4) is 0 Å². The Balaban J connectivity index is 2.59. The molecule has 1 unspecified atom stereocenters. The van der Waals surface area contributed by atoms with E-state index in [1.807, 2.05) is 27.7 Å². The number of nitrogens with one attached hydrogen (secondary N) is 2. The predicted molar refractivity (Wildman–Crippen MR) is 66.8 cm³/mol. The van der Waals surface area contributed by atoms with E-state index < -0.39 is 12.1 Å². The van der Waals surface area contributed by atoms with Crippen LogP contribution in [0, 0.1) is 5.92 Å². The molecule has 0 aliphatic carbocycles. The van der Waals surface area contributed by atoms with Gasteiger partial charge in [-0.3, -0.25) is 14.5 Å². The van der Waals surface area contributed by atoms with Gasteiger partial charge >= 0.3 is 6.03 Å². The molecule has 6 nitrogen and oxygen atoms in total. The molecule has 18 heavy (non-hydrogen) atoms. The second-order valence-corrected chi connectivity index (χ2v) is 5.28. The monoisotopic (exact) mass is 255 g/mol. The van der Waals surface area contributed by atoms with E-state index >= 15 is 0 Å². The topological polar surface area (TPSA) is 78.5 Å². The summed E-state index contributed by atoms with van der Waals surface area (Å²) < 4.78 is 0. The summed E-state index contributed by atoms with van der Waals surface area (Å²) in [4.78, 5) is 36.1. The summed E-state index contributed by atoms with van der Waals surface area (Å²) in [6.07, 6.45) is 0.590. The van der Waals surface area contributed by atoms with E-state index in [0.29, 0.717) is 12.3 Å². The minimum atomic E-state index is -0.496. The van der Waals surface area contributed by atoms with Gasteiger partial charge in [0.2, 0.25) is 5.91 Å². The molecule has 1 heterocycles. The molecule has 0 aromatic carbocycles. The average molecular weight is 255 g/mol. The van der Waals surface area contributed by atoms with E-state index in [2.05, 4.69) is 10.6 Å². The Labute approximate surface area is 107 Å². The van der Waals surface area contributed by atoms with Crippen LogP contribution >= 0.6 is 0 Å². The molecule has 0 aromatic rings. The maximum Gasteiger partial charge on any atom is 0.325 e. The van der Waals surface area contributed by atoms with Gasteiger partial charge in [-0.2, -0.15) is 0 Å². The fourth-order valence-corrected chi connectivity index (χ4v) is 1.87. The number of urea groups is 1. The number of carbonyl (C=O) groups excluding carboxylic acids is 3. The highest BCUT2D eigenvalue weighted by Gasteiger charge is 2.38. The van der Waals surface area contributed by atoms with Gasteiger partial charge in [-0.1, -0.05) is 13.8 Å². The van der Waals surface area contributed by atoms with Gasteiger partial charge in [-0.05, 0) is 26.2 Å². The first-order valence-electron chi connectivity index (χ1n) is 6.22. The highest BCUT2D eigenvalue weighted by Crippen LogP contribution is 2.13. The molecule has 1 atom stereocenters. The van der Waals surface area contributed by atoms with Crippen molar-refractivity contribution in [3.63, 3.8) is 0 Å². The van der Waals surface area contributed by atoms with Crippen molar-refractivity contribution in [1.82, 2.24) is 15.5 Å². The Morgan fingerprint density at radius 2 is 1.94 bits per heavy atom. The summed E-state index contributed by atoms with van der Waals surface area (Å²) in [6.45, 7) is 7.40. The van der Waals surface area contributed by atoms with Crippen LogP contribution in [-0.4, -0.2) is 41.4 Å². The van der Waals surface area contributed by atoms with Crippen LogP contribution in [0.2, 0.25) is 0 Å². The van der Waals surface area contributed by atoms with Crippen molar-refractivity contribution in [3.05, 3.63) is 0 Å². The van der Waals surface area contributed by atoms with Crippen LogP contribution in [0.5, 0.6) is 0 Å². The van der Waals surface area contributed by atoms with Gasteiger partial charge in [0, 0.05) is 6.04 Å². The Morgan fingerprint density at radius 1 is 1.33 bits per heavy atom. The van der Waals surface area contributed by atoms with Gasteiger partial charge in [0.05, 0.1) is 0 Å². The van der Waals surface area contributed by atoms with Gasteiger partial charge in [0.25, 0.3) is 5.91 Å². The fourth-order valence-electron chi connectivity index (χ4n) is 1.87. The van der Waals surface area contributed by atoms with Gasteiger partial charge in [0.1, 0.15) is 12.6 Å². The molecule has 0 saturated carbocycles. The second kappa shape index (κ2) is 5.84. The molecule has 1 rings (SSSR count). The summed E-state index contributed by atoms with van der Waals surface area (Å²) >= 11 is 0. The summed E-state index contributed by atoms with van der Waals surface area (Å²) in [7, 11) is 0. The van der Waals surface area contributed by atoms with Crippen LogP contribution in [0.15, 0.2) is 0 Å². The largest absolute Gasteiger partial charge is 0.352 e. The molecule has 0 spiro atoms. The maximum absolute atomic E-state index is 11.9. The van der Waals surface area contributed by atoms with Crippen molar-refractivity contribution in [2.45, 2.75) is 46.2 Å². The zero-order valence-corrected chi connectivity index (χ0v) is 11.3. The first-order chi connectivity index (χ1) is 8.31. The van der Waals surface area contributed by atoms with Crippen molar-refractivity contribution in [2.75, 3.05) is 6.54 Å². The van der Waals surface area contributed by atoms with Gasteiger partial charge in [-0.25, -0.2) is 4.79 Å². The minimum absolute atomic E-state index is 0.00951. The molecule has 102 valence electrons. The van der Waals surface area contributed by atoms with Crippen LogP contribution in [0.4, 0.5) is 4.79 Å². The minimum Gasteiger partial charge on any atom is -0.352 e. The zero-order chi connectivity index (χ0) is 13.9. The average Bonchev–Trinajstić information content (AvgIpc) is 2.44. The SMILES string of the molecule is CC(C)CC1NC(=O)N(CC(=O)NC(C)C)C1=O. The van der Waals surface area contributed by atoms with Crippen LogP contribution < -0.4 is 10.6 Å². The molecule has 0 bridgehead atoms. The first kappa shape index (κ1) is 14.5. The molecule has 0 radical (unpaired) electrons. The summed E-state index contributed by atoms with van der Waals surface area (Å²) in [5, 5.41) is 5.25. The van der Waals surface area contributed by atoms with Crippen LogP contribution in [0.3, 0.4) is 0 Å². The van der Waals surface area contributed by atoms with E-state index in [-0.39, 0.29) is 24.4 Å². The first-order valence-corrected chi connectivity index (χ1v) is 6.22. The molecule has 4 amide bonds. The third-order valence-corrected chi connectivity index (χ3v) is 2.57. The highest BCUT2D eigenvalue weighted by atomic mass is 16.2. The molecular weight excluding hydrogens is 234 g/mol. The van der Waals surface area contributed by atoms with E-state index in [1.165, 1.54) is 0 Å². The van der Waals surface area contributed by atoms with Crippen LogP contribution in [-0.2, 0) is 9.59 Å². The number of amides is 4. The number of carbonyl (C=O) groups is 3. The van der Waals surface area contributed by atoms with Gasteiger partial charge in [0.15, 0.2) is 0 Å². The van der Waals surface area contributed by atoms with Crippen molar-refractivity contribution in [1.29, 1.82) is 0 Å². The maximum atomic E-state index is 11.9. The number of nitrogens with zero attached hydrogens (tertiary/aromatic N) is 1. The predicted octanol–water partition coefficient (Wildman–Crippen LogP) is 0.477. The molecule has 1 aliphatic heterocycles. The summed E-state index contributed by atoms with van der Waals surface area (Å²) in [5.41, 5.74) is 0. The van der Waals surface area contributed by atoms with Crippen molar-refractivity contribution < 1.29 is 14.4 Å². The Morgan fingerprint density at radius 3 is 2.44 bits per heavy atom. The smallest absolute Gasteiger partial charge is 0.325 e. The van der Waals surface area contributed by atoms with Crippen molar-refractivity contribution in [2.24, 2.45) is 5.92 Å². The normalized spacial score (nSPS) is 19.7. The lowest BCUT2D eigenvalue weighted by atomic mass is 10.0. The molecule has 2 N–H and O–H groups in total. The molecule has 1 aliphatic rings. The van der Waals surface area contributed by atoms with E-state index in [9.17, 15) is 14.4 Å². The van der Waals surface area contributed by atoms with Crippen LogP contribution in [0.25, 0.3) is 0 Å². The highest BCUT2D eigenvalue weighted by molar-refractivity contribution is 6.06. The second-order valence-electron chi connectivity index (χ2n) is 5.28. The molecule has 0 aromatic heterocycles. The van der Waals surface area contributed by atoms with E-state index in [1.54, 1.807) is 0 Å². The Bertz CT molecular complexity index is 352. The number of hydrogen-bond acceptors (Lipinski definition) is 3. The third kappa shape index (κ3) is 3.72. The lowest BCUT2D eigenvalue weighted by molar-refractivity contribution is -0.132. The lowest BCUT2D eigenvalue weighted by Gasteiger charge is -2.14. The quantitative estimate of drug-likeness (QED) is 0.701. The Kier molecular flexibility index (Phi) is 4.69. The van der Waals surface area contributed by atoms with Crippen molar-refractivity contribution >= 4 is 17.8 Å². The Hall–Kier alpha value is -1.59. The zero-order valence-electron chi connectivity index (χ0n) is 11.3. The number of hydrogen-bond donors (Lipinski definition) is 2. The summed E-state index contributed by atoms with van der Waals surface area (Å²) in [5.74, 6) is -0.324.